The minimum atomic E-state index is -4.07. The van der Waals surface area contributed by atoms with Gasteiger partial charge in [-0.2, -0.15) is 0 Å². The maximum atomic E-state index is 15.3. The Kier molecular flexibility index (Phi) is 11.7. The summed E-state index contributed by atoms with van der Waals surface area (Å²) in [4.78, 5) is 17.5. The van der Waals surface area contributed by atoms with Crippen LogP contribution in [-0.4, -0.2) is 23.2 Å². The first-order chi connectivity index (χ1) is 19.9. The van der Waals surface area contributed by atoms with E-state index in [-0.39, 0.29) is 24.0 Å². The number of halogens is 1. The van der Waals surface area contributed by atoms with Crippen LogP contribution in [0.3, 0.4) is 0 Å². The first-order valence-corrected chi connectivity index (χ1v) is 17.9. The summed E-state index contributed by atoms with van der Waals surface area (Å²) >= 11 is 3.27. The fourth-order valence-electron chi connectivity index (χ4n) is 6.20. The molecule has 2 saturated carbocycles. The number of ether oxygens (including phenoxy) is 1. The van der Waals surface area contributed by atoms with E-state index in [0.29, 0.717) is 39.7 Å². The smallest absolute Gasteiger partial charge is 0.376 e. The molecule has 2 heterocycles. The maximum absolute atomic E-state index is 15.3. The number of nitrogens with zero attached hydrogens (tertiary/aromatic N) is 1. The van der Waals surface area contributed by atoms with Crippen LogP contribution in [0.1, 0.15) is 97.2 Å². The zero-order valence-corrected chi connectivity index (χ0v) is 28.3. The van der Waals surface area contributed by atoms with E-state index in [1.165, 1.54) is 12.2 Å². The van der Waals surface area contributed by atoms with Crippen molar-refractivity contribution in [2.75, 3.05) is 0 Å². The fraction of sp³-hybridized carbons (Fsp3) is 0.636. The van der Waals surface area contributed by atoms with Crippen LogP contribution in [0.4, 0.5) is 0 Å². The third-order valence-electron chi connectivity index (χ3n) is 9.24. The molecular weight excluding hydrogens is 617 g/mol. The number of pyridine rings is 1. The molecule has 4 rings (SSSR count). The fourth-order valence-corrected chi connectivity index (χ4v) is 8.88. The summed E-state index contributed by atoms with van der Waals surface area (Å²) in [6.07, 6.45) is 11.3. The van der Waals surface area contributed by atoms with E-state index < -0.39 is 19.4 Å². The summed E-state index contributed by atoms with van der Waals surface area (Å²) in [6.45, 7) is 13.2. The molecule has 2 aromatic rings. The van der Waals surface area contributed by atoms with Crippen LogP contribution in [0.5, 0.6) is 0 Å². The van der Waals surface area contributed by atoms with Crippen molar-refractivity contribution in [3.8, 4) is 0 Å². The predicted molar refractivity (Wildman–Crippen MR) is 169 cm³/mol. The zero-order valence-electron chi connectivity index (χ0n) is 25.8. The van der Waals surface area contributed by atoms with Gasteiger partial charge in [0.15, 0.2) is 4.67 Å². The second-order valence-electron chi connectivity index (χ2n) is 13.0. The normalized spacial score (nSPS) is 29.1. The quantitative estimate of drug-likeness (QED) is 0.134. The van der Waals surface area contributed by atoms with Crippen LogP contribution < -0.4 is 0 Å². The molecule has 2 aliphatic carbocycles. The Bertz CT molecular complexity index is 1190. The minimum Gasteiger partial charge on any atom is -0.450 e. The van der Waals surface area contributed by atoms with E-state index in [9.17, 15) is 4.79 Å². The van der Waals surface area contributed by atoms with Gasteiger partial charge in [-0.15, -0.1) is 0 Å². The summed E-state index contributed by atoms with van der Waals surface area (Å²) in [5.41, 5.74) is 0.482. The van der Waals surface area contributed by atoms with Crippen molar-refractivity contribution >= 4 is 35.6 Å². The molecule has 0 spiro atoms. The average molecular weight is 665 g/mol. The molecule has 9 heteroatoms. The number of esters is 1. The first-order valence-electron chi connectivity index (χ1n) is 15.5. The molecule has 0 amide bonds. The largest absolute Gasteiger partial charge is 0.450 e. The predicted octanol–water partition coefficient (Wildman–Crippen LogP) is 9.84. The van der Waals surface area contributed by atoms with Gasteiger partial charge in [0.1, 0.15) is 5.76 Å². The van der Waals surface area contributed by atoms with E-state index in [1.54, 1.807) is 36.7 Å². The highest BCUT2D eigenvalue weighted by Crippen LogP contribution is 2.65. The molecule has 0 saturated heterocycles. The number of furan rings is 1. The molecule has 0 N–H and O–H groups in total. The van der Waals surface area contributed by atoms with E-state index in [4.69, 9.17) is 18.2 Å². The number of carbonyl (C=O) groups excluding carboxylic acids is 1. The lowest BCUT2D eigenvalue weighted by Gasteiger charge is -2.42. The number of hydrogen-bond acceptors (Lipinski definition) is 7. The Morgan fingerprint density at radius 3 is 2.05 bits per heavy atom. The van der Waals surface area contributed by atoms with Gasteiger partial charge in [-0.3, -0.25) is 9.55 Å². The molecule has 1 unspecified atom stereocenters. The molecule has 0 radical (unpaired) electrons. The molecule has 2 fully saturated rings. The van der Waals surface area contributed by atoms with Crippen LogP contribution in [0.25, 0.3) is 6.08 Å². The summed E-state index contributed by atoms with van der Waals surface area (Å²) in [6, 6.07) is 6.98. The molecule has 42 heavy (non-hydrogen) atoms. The van der Waals surface area contributed by atoms with Crippen LogP contribution >= 0.6 is 23.5 Å². The van der Waals surface area contributed by atoms with Crippen molar-refractivity contribution in [3.05, 3.63) is 58.7 Å². The Morgan fingerprint density at radius 1 is 0.976 bits per heavy atom. The van der Waals surface area contributed by atoms with E-state index in [0.717, 1.165) is 38.5 Å². The van der Waals surface area contributed by atoms with Crippen LogP contribution in [0, 0.1) is 35.5 Å². The molecule has 2 aliphatic rings. The van der Waals surface area contributed by atoms with Crippen molar-refractivity contribution in [2.45, 2.75) is 98.1 Å². The molecule has 2 aromatic heterocycles. The molecule has 7 nitrogen and oxygen atoms in total. The van der Waals surface area contributed by atoms with Gasteiger partial charge in [-0.25, -0.2) is 4.79 Å². The number of carbonyl (C=O) groups is 1. The Morgan fingerprint density at radius 2 is 1.57 bits per heavy atom. The highest BCUT2D eigenvalue weighted by Gasteiger charge is 2.48. The van der Waals surface area contributed by atoms with Gasteiger partial charge in [0.05, 0.1) is 12.2 Å². The van der Waals surface area contributed by atoms with Gasteiger partial charge < -0.3 is 18.2 Å². The van der Waals surface area contributed by atoms with Crippen LogP contribution in [-0.2, 0) is 23.1 Å². The van der Waals surface area contributed by atoms with Gasteiger partial charge in [-0.05, 0) is 114 Å². The number of hydrogen-bond donors (Lipinski definition) is 0. The lowest BCUT2D eigenvalue weighted by Crippen LogP contribution is -2.35. The summed E-state index contributed by atoms with van der Waals surface area (Å²) in [5, 5.41) is 0. The lowest BCUT2D eigenvalue weighted by molar-refractivity contribution is -0.141. The third-order valence-corrected chi connectivity index (χ3v) is 11.8. The standard InChI is InChI=1S/C33H47BrNO6P/c1-21(2)25-11-9-23(5)29(18-25)40-42(37,41-30-19-26(22(3)4)12-10-24(30)6)33(27-8-7-17-35-20-27)39-32(36)16-14-28-13-15-31(34)38-28/h7-8,13-17,20-26,29-30,33H,9-12,18-19H2,1-6H3/b16-14+/t23-,24+,25-,26-,29-,30-,33-,42?/m1/s1. The van der Waals surface area contributed by atoms with E-state index >= 15 is 4.57 Å². The molecule has 0 bridgehead atoms. The van der Waals surface area contributed by atoms with Gasteiger partial charge in [0.25, 0.3) is 0 Å². The molecule has 8 atom stereocenters. The van der Waals surface area contributed by atoms with Crippen molar-refractivity contribution in [1.29, 1.82) is 0 Å². The van der Waals surface area contributed by atoms with E-state index in [1.807, 2.05) is 0 Å². The summed E-state index contributed by atoms with van der Waals surface area (Å²) in [5.74, 6) is 0.877. The Labute approximate surface area is 259 Å². The second kappa shape index (κ2) is 14.8. The number of rotatable bonds is 11. The summed E-state index contributed by atoms with van der Waals surface area (Å²) < 4.78 is 40.7. The maximum Gasteiger partial charge on any atom is 0.376 e. The van der Waals surface area contributed by atoms with Crippen molar-refractivity contribution in [3.63, 3.8) is 0 Å². The lowest BCUT2D eigenvalue weighted by atomic mass is 9.76. The topological polar surface area (TPSA) is 87.9 Å². The van der Waals surface area contributed by atoms with Gasteiger partial charge in [0.2, 0.25) is 5.85 Å². The van der Waals surface area contributed by atoms with Gasteiger partial charge in [-0.1, -0.05) is 47.6 Å². The monoisotopic (exact) mass is 663 g/mol. The highest BCUT2D eigenvalue weighted by atomic mass is 79.9. The van der Waals surface area contributed by atoms with Gasteiger partial charge >= 0.3 is 13.6 Å². The van der Waals surface area contributed by atoms with Crippen molar-refractivity contribution in [2.24, 2.45) is 35.5 Å². The second-order valence-corrected chi connectivity index (χ2v) is 15.7. The van der Waals surface area contributed by atoms with Gasteiger partial charge in [0, 0.05) is 24.0 Å². The molecule has 0 aliphatic heterocycles. The zero-order chi connectivity index (χ0) is 30.4. The molecular formula is C33H47BrNO6P. The Balaban J connectivity index is 1.69. The average Bonchev–Trinajstić information content (AvgIpc) is 3.38. The van der Waals surface area contributed by atoms with E-state index in [2.05, 4.69) is 62.5 Å². The van der Waals surface area contributed by atoms with Crippen LogP contribution in [0.2, 0.25) is 0 Å². The van der Waals surface area contributed by atoms with Crippen molar-refractivity contribution < 1.29 is 27.6 Å². The first kappa shape index (κ1) is 33.2. The van der Waals surface area contributed by atoms with Crippen molar-refractivity contribution in [1.82, 2.24) is 4.98 Å². The minimum absolute atomic E-state index is 0.201. The summed E-state index contributed by atoms with van der Waals surface area (Å²) in [7, 11) is -4.07. The molecule has 0 aromatic carbocycles. The third kappa shape index (κ3) is 8.68. The number of aromatic nitrogens is 1. The SMILES string of the molecule is CC(C)[C@@H]1CC[C@@H](C)[C@H](OP(=O)(O[C@@H]2C[C@H](C(C)C)CC[C@@H]2C)[C@@H](OC(=O)/C=C/c2ccc(Br)o2)c2cccnc2)C1. The highest BCUT2D eigenvalue weighted by molar-refractivity contribution is 9.10. The van der Waals surface area contributed by atoms with Crippen LogP contribution in [0.15, 0.2) is 51.8 Å². The molecule has 232 valence electrons. The Hall–Kier alpha value is -1.73.